The van der Waals surface area contributed by atoms with E-state index < -0.39 is 29.4 Å². The molecule has 2 N–H and O–H groups in total. The molecule has 10 heteroatoms. The van der Waals surface area contributed by atoms with Gasteiger partial charge in [-0.05, 0) is 50.1 Å². The van der Waals surface area contributed by atoms with Crippen LogP contribution in [-0.2, 0) is 17.4 Å². The smallest absolute Gasteiger partial charge is 0.369 e. The molecule has 30 heavy (non-hydrogen) atoms. The topological polar surface area (TPSA) is 73.8 Å². The van der Waals surface area contributed by atoms with E-state index in [1.54, 1.807) is 13.8 Å². The van der Waals surface area contributed by atoms with Gasteiger partial charge in [0.2, 0.25) is 5.91 Å². The van der Waals surface area contributed by atoms with Gasteiger partial charge in [-0.25, -0.2) is 14.1 Å². The second kappa shape index (κ2) is 8.06. The highest BCUT2D eigenvalue weighted by molar-refractivity contribution is 6.31. The largest absolute Gasteiger partial charge is 0.417 e. The molecule has 0 aliphatic rings. The Hall–Kier alpha value is -2.94. The fraction of sp³-hybridized carbons (Fsp3) is 0.250. The molecule has 0 radical (unpaired) electrons. The number of hydrogen-bond donors (Lipinski definition) is 1. The van der Waals surface area contributed by atoms with Crippen LogP contribution in [0.2, 0.25) is 5.02 Å². The minimum atomic E-state index is -4.50. The molecule has 0 saturated carbocycles. The van der Waals surface area contributed by atoms with Crippen LogP contribution in [-0.4, -0.2) is 20.7 Å². The van der Waals surface area contributed by atoms with Crippen molar-refractivity contribution >= 4 is 17.5 Å². The van der Waals surface area contributed by atoms with E-state index >= 15 is 0 Å². The molecule has 0 aliphatic carbocycles. The number of carbonyl (C=O) groups is 1. The molecule has 0 saturated heterocycles. The van der Waals surface area contributed by atoms with Crippen molar-refractivity contribution in [3.8, 4) is 5.82 Å². The molecule has 0 bridgehead atoms. The fourth-order valence-corrected chi connectivity index (χ4v) is 3.56. The Kier molecular flexibility index (Phi) is 5.85. The average Bonchev–Trinajstić information content (AvgIpc) is 2.95. The molecular weight excluding hydrogens is 424 g/mol. The molecule has 3 rings (SSSR count). The SMILES string of the molecule is Cc1nn(-c2ccc(C(F)(F)F)cn2)c(C)c1C(Cc1ccc(F)cc1Cl)C(N)=O. The van der Waals surface area contributed by atoms with E-state index in [2.05, 4.69) is 10.1 Å². The van der Waals surface area contributed by atoms with E-state index in [1.807, 2.05) is 0 Å². The third-order valence-corrected chi connectivity index (χ3v) is 5.12. The number of nitrogens with two attached hydrogens (primary N) is 1. The van der Waals surface area contributed by atoms with Gasteiger partial charge in [0.1, 0.15) is 5.82 Å². The van der Waals surface area contributed by atoms with Crippen LogP contribution in [0.15, 0.2) is 36.5 Å². The highest BCUT2D eigenvalue weighted by atomic mass is 35.5. The van der Waals surface area contributed by atoms with Crippen LogP contribution in [0.5, 0.6) is 0 Å². The molecule has 1 atom stereocenters. The predicted molar refractivity (Wildman–Crippen MR) is 103 cm³/mol. The Bertz CT molecular complexity index is 1090. The Labute approximate surface area is 174 Å². The van der Waals surface area contributed by atoms with Gasteiger partial charge in [0, 0.05) is 22.5 Å². The molecule has 1 aromatic carbocycles. The standard InChI is InChI=1S/C20H17ClF4N4O/c1-10-18(15(19(26)30)7-12-3-5-14(22)8-16(12)21)11(2)29(28-10)17-6-4-13(9-27-17)20(23,24)25/h3-6,8-9,15H,7H2,1-2H3,(H2,26,30). The number of pyridine rings is 1. The Morgan fingerprint density at radius 3 is 2.47 bits per heavy atom. The van der Waals surface area contributed by atoms with Crippen LogP contribution >= 0.6 is 11.6 Å². The summed E-state index contributed by atoms with van der Waals surface area (Å²) in [5.74, 6) is -1.80. The van der Waals surface area contributed by atoms with Gasteiger partial charge in [0.05, 0.1) is 17.2 Å². The lowest BCUT2D eigenvalue weighted by molar-refractivity contribution is -0.137. The lowest BCUT2D eigenvalue weighted by Gasteiger charge is -2.16. The number of carbonyl (C=O) groups excluding carboxylic acids is 1. The molecular formula is C20H17ClF4N4O. The summed E-state index contributed by atoms with van der Waals surface area (Å²) < 4.78 is 53.0. The van der Waals surface area contributed by atoms with Gasteiger partial charge >= 0.3 is 6.18 Å². The monoisotopic (exact) mass is 440 g/mol. The highest BCUT2D eigenvalue weighted by Gasteiger charge is 2.31. The first-order valence-corrected chi connectivity index (χ1v) is 9.19. The van der Waals surface area contributed by atoms with Crippen LogP contribution < -0.4 is 5.73 Å². The number of aromatic nitrogens is 3. The minimum Gasteiger partial charge on any atom is -0.369 e. The number of nitrogens with zero attached hydrogens (tertiary/aromatic N) is 3. The lowest BCUT2D eigenvalue weighted by Crippen LogP contribution is -2.24. The maximum absolute atomic E-state index is 13.3. The molecule has 0 aliphatic heterocycles. The number of amides is 1. The van der Waals surface area contributed by atoms with Gasteiger partial charge in [-0.2, -0.15) is 18.3 Å². The summed E-state index contributed by atoms with van der Waals surface area (Å²) >= 11 is 6.08. The summed E-state index contributed by atoms with van der Waals surface area (Å²) in [7, 11) is 0. The van der Waals surface area contributed by atoms with Crippen LogP contribution in [0, 0.1) is 19.7 Å². The van der Waals surface area contributed by atoms with Crippen LogP contribution in [0.25, 0.3) is 5.82 Å². The second-order valence-electron chi connectivity index (χ2n) is 6.79. The number of benzene rings is 1. The molecule has 0 fully saturated rings. The minimum absolute atomic E-state index is 0.113. The Balaban J connectivity index is 2.01. The molecule has 3 aromatic rings. The molecule has 1 unspecified atom stereocenters. The number of alkyl halides is 3. The number of hydrogen-bond acceptors (Lipinski definition) is 3. The molecule has 5 nitrogen and oxygen atoms in total. The summed E-state index contributed by atoms with van der Waals surface area (Å²) in [5.41, 5.74) is 6.75. The van der Waals surface area contributed by atoms with E-state index in [0.717, 1.165) is 18.3 Å². The van der Waals surface area contributed by atoms with Gasteiger partial charge in [-0.1, -0.05) is 17.7 Å². The zero-order valence-electron chi connectivity index (χ0n) is 16.0. The number of halogens is 5. The van der Waals surface area contributed by atoms with E-state index in [-0.39, 0.29) is 17.3 Å². The average molecular weight is 441 g/mol. The van der Waals surface area contributed by atoms with E-state index in [9.17, 15) is 22.4 Å². The summed E-state index contributed by atoms with van der Waals surface area (Å²) in [6.07, 6.45) is -3.67. The summed E-state index contributed by atoms with van der Waals surface area (Å²) in [6.45, 7) is 3.32. The Morgan fingerprint density at radius 2 is 1.93 bits per heavy atom. The predicted octanol–water partition coefficient (Wildman–Crippen LogP) is 4.51. The van der Waals surface area contributed by atoms with Crippen molar-refractivity contribution in [2.75, 3.05) is 0 Å². The molecule has 158 valence electrons. The van der Waals surface area contributed by atoms with Crippen molar-refractivity contribution in [1.29, 1.82) is 0 Å². The zero-order chi connectivity index (χ0) is 22.2. The summed E-state index contributed by atoms with van der Waals surface area (Å²) in [4.78, 5) is 16.1. The van der Waals surface area contributed by atoms with Gasteiger partial charge in [0.15, 0.2) is 5.82 Å². The second-order valence-corrected chi connectivity index (χ2v) is 7.20. The number of rotatable bonds is 5. The quantitative estimate of drug-likeness (QED) is 0.593. The zero-order valence-corrected chi connectivity index (χ0v) is 16.7. The number of primary amides is 1. The van der Waals surface area contributed by atoms with E-state index in [4.69, 9.17) is 17.3 Å². The maximum atomic E-state index is 13.3. The van der Waals surface area contributed by atoms with Gasteiger partial charge in [-0.15, -0.1) is 0 Å². The first-order valence-electron chi connectivity index (χ1n) is 8.82. The summed E-state index contributed by atoms with van der Waals surface area (Å²) in [6, 6.07) is 5.95. The molecule has 1 amide bonds. The van der Waals surface area contributed by atoms with Gasteiger partial charge < -0.3 is 5.73 Å². The van der Waals surface area contributed by atoms with Gasteiger partial charge in [0.25, 0.3) is 0 Å². The third-order valence-electron chi connectivity index (χ3n) is 4.77. The Morgan fingerprint density at radius 1 is 1.23 bits per heavy atom. The lowest BCUT2D eigenvalue weighted by atomic mass is 9.90. The summed E-state index contributed by atoms with van der Waals surface area (Å²) in [5, 5.41) is 4.49. The molecule has 2 heterocycles. The molecule has 2 aromatic heterocycles. The number of aryl methyl sites for hydroxylation is 1. The fourth-order valence-electron chi connectivity index (χ4n) is 3.31. The highest BCUT2D eigenvalue weighted by Crippen LogP contribution is 2.32. The van der Waals surface area contributed by atoms with Crippen molar-refractivity contribution in [1.82, 2.24) is 14.8 Å². The normalized spacial score (nSPS) is 12.8. The van der Waals surface area contributed by atoms with Crippen LogP contribution in [0.1, 0.15) is 34.0 Å². The van der Waals surface area contributed by atoms with Crippen LogP contribution in [0.4, 0.5) is 17.6 Å². The van der Waals surface area contributed by atoms with Crippen molar-refractivity contribution < 1.29 is 22.4 Å². The van der Waals surface area contributed by atoms with Gasteiger partial charge in [-0.3, -0.25) is 4.79 Å². The maximum Gasteiger partial charge on any atom is 0.417 e. The van der Waals surface area contributed by atoms with E-state index in [1.165, 1.54) is 22.9 Å². The van der Waals surface area contributed by atoms with Crippen molar-refractivity contribution in [3.05, 3.63) is 75.4 Å². The van der Waals surface area contributed by atoms with Crippen molar-refractivity contribution in [2.24, 2.45) is 5.73 Å². The van der Waals surface area contributed by atoms with Crippen molar-refractivity contribution in [2.45, 2.75) is 32.4 Å². The van der Waals surface area contributed by atoms with E-state index in [0.29, 0.717) is 22.5 Å². The van der Waals surface area contributed by atoms with Crippen LogP contribution in [0.3, 0.4) is 0 Å². The van der Waals surface area contributed by atoms with Crippen molar-refractivity contribution in [3.63, 3.8) is 0 Å². The first-order chi connectivity index (χ1) is 14.0. The third kappa shape index (κ3) is 4.30. The first kappa shape index (κ1) is 21.8. The molecule has 0 spiro atoms.